The molecule has 1 rings (SSSR count). The lowest BCUT2D eigenvalue weighted by atomic mass is 9.99. The standard InChI is InChI=1S/C16H17FN2/c1-3-13(11-18)14(8-9-17)10-12(2)15-6-4-5-7-16(15)19/h3-7,10H,1,8-9,19H2,2H3/b12-10+,14-13+. The van der Waals surface area contributed by atoms with E-state index >= 15 is 0 Å². The molecule has 0 bridgehead atoms. The van der Waals surface area contributed by atoms with Gasteiger partial charge in [0.25, 0.3) is 0 Å². The van der Waals surface area contributed by atoms with Crippen molar-refractivity contribution in [3.63, 3.8) is 0 Å². The van der Waals surface area contributed by atoms with Gasteiger partial charge in [0.1, 0.15) is 0 Å². The van der Waals surface area contributed by atoms with E-state index in [0.717, 1.165) is 11.1 Å². The van der Waals surface area contributed by atoms with E-state index in [9.17, 15) is 4.39 Å². The van der Waals surface area contributed by atoms with Gasteiger partial charge in [0.05, 0.1) is 18.3 Å². The second-order valence-corrected chi connectivity index (χ2v) is 4.11. The number of nitrogens with two attached hydrogens (primary N) is 1. The molecule has 0 saturated carbocycles. The molecule has 19 heavy (non-hydrogen) atoms. The van der Waals surface area contributed by atoms with Crippen molar-refractivity contribution >= 4 is 11.3 Å². The van der Waals surface area contributed by atoms with Crippen LogP contribution in [0.3, 0.4) is 0 Å². The van der Waals surface area contributed by atoms with Gasteiger partial charge in [0.2, 0.25) is 0 Å². The van der Waals surface area contributed by atoms with Crippen LogP contribution in [0, 0.1) is 11.3 Å². The maximum absolute atomic E-state index is 12.6. The Bertz CT molecular complexity index is 562. The molecule has 3 heteroatoms. The minimum absolute atomic E-state index is 0.193. The smallest absolute Gasteiger partial charge is 0.0994 e. The van der Waals surface area contributed by atoms with Crippen molar-refractivity contribution in [3.8, 4) is 6.07 Å². The predicted molar refractivity (Wildman–Crippen MR) is 77.9 cm³/mol. The molecule has 2 N–H and O–H groups in total. The summed E-state index contributed by atoms with van der Waals surface area (Å²) in [5.74, 6) is 0. The van der Waals surface area contributed by atoms with Crippen LogP contribution in [0.4, 0.5) is 10.1 Å². The number of nitriles is 1. The molecule has 0 unspecified atom stereocenters. The molecule has 0 saturated heterocycles. The molecule has 98 valence electrons. The Morgan fingerprint density at radius 3 is 2.68 bits per heavy atom. The fourth-order valence-corrected chi connectivity index (χ4v) is 1.83. The van der Waals surface area contributed by atoms with Crippen LogP contribution < -0.4 is 5.73 Å². The van der Waals surface area contributed by atoms with Gasteiger partial charge in [-0.2, -0.15) is 5.26 Å². The monoisotopic (exact) mass is 256 g/mol. The van der Waals surface area contributed by atoms with Gasteiger partial charge in [0.15, 0.2) is 0 Å². The van der Waals surface area contributed by atoms with Gasteiger partial charge in [-0.3, -0.25) is 4.39 Å². The van der Waals surface area contributed by atoms with Crippen molar-refractivity contribution in [2.24, 2.45) is 0 Å². The van der Waals surface area contributed by atoms with E-state index in [1.807, 2.05) is 37.3 Å². The highest BCUT2D eigenvalue weighted by Crippen LogP contribution is 2.24. The van der Waals surface area contributed by atoms with E-state index in [1.165, 1.54) is 6.08 Å². The fourth-order valence-electron chi connectivity index (χ4n) is 1.83. The molecule has 0 aliphatic heterocycles. The van der Waals surface area contributed by atoms with Gasteiger partial charge < -0.3 is 5.73 Å². The second kappa shape index (κ2) is 7.17. The summed E-state index contributed by atoms with van der Waals surface area (Å²) in [5.41, 5.74) is 9.38. The number of hydrogen-bond donors (Lipinski definition) is 1. The largest absolute Gasteiger partial charge is 0.398 e. The average molecular weight is 256 g/mol. The van der Waals surface area contributed by atoms with Crippen LogP contribution in [-0.2, 0) is 0 Å². The lowest BCUT2D eigenvalue weighted by Crippen LogP contribution is -1.93. The van der Waals surface area contributed by atoms with Gasteiger partial charge in [-0.05, 0) is 24.1 Å². The SMILES string of the molecule is C=C/C(C#N)=C(\C=C(/C)c1ccccc1N)CCF. The number of alkyl halides is 1. The number of halogens is 1. The fraction of sp³-hybridized carbons (Fsp3) is 0.188. The Balaban J connectivity index is 3.25. The molecule has 0 aliphatic carbocycles. The molecule has 0 spiro atoms. The highest BCUT2D eigenvalue weighted by atomic mass is 19.1. The first-order valence-corrected chi connectivity index (χ1v) is 5.98. The minimum atomic E-state index is -0.512. The average Bonchev–Trinajstić information content (AvgIpc) is 2.40. The summed E-state index contributed by atoms with van der Waals surface area (Å²) < 4.78 is 12.6. The Hall–Kier alpha value is -2.34. The summed E-state index contributed by atoms with van der Waals surface area (Å²) in [5, 5.41) is 9.01. The molecule has 0 aromatic heterocycles. The molecule has 0 radical (unpaired) electrons. The first kappa shape index (κ1) is 14.7. The number of anilines is 1. The highest BCUT2D eigenvalue weighted by molar-refractivity contribution is 5.75. The summed E-state index contributed by atoms with van der Waals surface area (Å²) in [7, 11) is 0. The zero-order valence-corrected chi connectivity index (χ0v) is 11.0. The molecule has 0 heterocycles. The molecule has 2 nitrogen and oxygen atoms in total. The van der Waals surface area contributed by atoms with Gasteiger partial charge in [-0.25, -0.2) is 0 Å². The van der Waals surface area contributed by atoms with E-state index in [2.05, 4.69) is 6.58 Å². The lowest BCUT2D eigenvalue weighted by molar-refractivity contribution is 0.496. The van der Waals surface area contributed by atoms with E-state index in [0.29, 0.717) is 16.8 Å². The zero-order chi connectivity index (χ0) is 14.3. The topological polar surface area (TPSA) is 49.8 Å². The van der Waals surface area contributed by atoms with Crippen LogP contribution in [0.2, 0.25) is 0 Å². The Morgan fingerprint density at radius 2 is 2.16 bits per heavy atom. The summed E-state index contributed by atoms with van der Waals surface area (Å²) in [6, 6.07) is 9.48. The van der Waals surface area contributed by atoms with Crippen molar-refractivity contribution in [2.75, 3.05) is 12.4 Å². The number of benzene rings is 1. The van der Waals surface area contributed by atoms with Crippen molar-refractivity contribution < 1.29 is 4.39 Å². The molecule has 1 aromatic rings. The maximum Gasteiger partial charge on any atom is 0.0994 e. The van der Waals surface area contributed by atoms with Crippen molar-refractivity contribution in [1.29, 1.82) is 5.26 Å². The second-order valence-electron chi connectivity index (χ2n) is 4.11. The van der Waals surface area contributed by atoms with Crippen molar-refractivity contribution in [3.05, 3.63) is 59.7 Å². The van der Waals surface area contributed by atoms with E-state index < -0.39 is 6.67 Å². The molecule has 0 fully saturated rings. The third kappa shape index (κ3) is 3.82. The van der Waals surface area contributed by atoms with E-state index in [4.69, 9.17) is 11.0 Å². The molecule has 0 amide bonds. The van der Waals surface area contributed by atoms with Crippen LogP contribution in [0.25, 0.3) is 5.57 Å². The minimum Gasteiger partial charge on any atom is -0.398 e. The predicted octanol–water partition coefficient (Wildman–Crippen LogP) is 4.04. The molecular formula is C16H17FN2. The quantitative estimate of drug-likeness (QED) is 0.491. The first-order valence-electron chi connectivity index (χ1n) is 5.98. The van der Waals surface area contributed by atoms with Crippen LogP contribution >= 0.6 is 0 Å². The third-order valence-electron chi connectivity index (χ3n) is 2.81. The highest BCUT2D eigenvalue weighted by Gasteiger charge is 2.05. The van der Waals surface area contributed by atoms with Crippen molar-refractivity contribution in [1.82, 2.24) is 0 Å². The van der Waals surface area contributed by atoms with Gasteiger partial charge in [-0.1, -0.05) is 36.9 Å². The Labute approximate surface area is 113 Å². The first-order chi connectivity index (χ1) is 9.13. The van der Waals surface area contributed by atoms with Crippen molar-refractivity contribution in [2.45, 2.75) is 13.3 Å². The Morgan fingerprint density at radius 1 is 1.47 bits per heavy atom. The maximum atomic E-state index is 12.6. The number of nitrogens with zero attached hydrogens (tertiary/aromatic N) is 1. The number of hydrogen-bond acceptors (Lipinski definition) is 2. The number of rotatable bonds is 5. The molecule has 0 atom stereocenters. The summed E-state index contributed by atoms with van der Waals surface area (Å²) in [4.78, 5) is 0. The van der Waals surface area contributed by atoms with Gasteiger partial charge in [-0.15, -0.1) is 0 Å². The van der Waals surface area contributed by atoms with Crippen LogP contribution in [0.5, 0.6) is 0 Å². The van der Waals surface area contributed by atoms with E-state index in [-0.39, 0.29) is 6.42 Å². The number of para-hydroxylation sites is 1. The third-order valence-corrected chi connectivity index (χ3v) is 2.81. The molecule has 0 aliphatic rings. The van der Waals surface area contributed by atoms with Crippen LogP contribution in [-0.4, -0.2) is 6.67 Å². The summed E-state index contributed by atoms with van der Waals surface area (Å²) in [6.07, 6.45) is 3.44. The number of nitrogen functional groups attached to an aromatic ring is 1. The Kier molecular flexibility index (Phi) is 5.56. The summed E-state index contributed by atoms with van der Waals surface area (Å²) in [6.45, 7) is 4.96. The number of allylic oxidation sites excluding steroid dienone is 5. The van der Waals surface area contributed by atoms with Gasteiger partial charge in [0, 0.05) is 17.7 Å². The molecular weight excluding hydrogens is 239 g/mol. The lowest BCUT2D eigenvalue weighted by Gasteiger charge is -2.08. The normalized spacial score (nSPS) is 12.6. The van der Waals surface area contributed by atoms with E-state index in [1.54, 1.807) is 6.08 Å². The van der Waals surface area contributed by atoms with Gasteiger partial charge >= 0.3 is 0 Å². The zero-order valence-electron chi connectivity index (χ0n) is 11.0. The summed E-state index contributed by atoms with van der Waals surface area (Å²) >= 11 is 0. The van der Waals surface area contributed by atoms with Crippen LogP contribution in [0.1, 0.15) is 18.9 Å². The van der Waals surface area contributed by atoms with Crippen LogP contribution in [0.15, 0.2) is 54.1 Å². The molecule has 1 aromatic carbocycles.